The largest absolute Gasteiger partial charge is 0.493 e. The van der Waals surface area contributed by atoms with Crippen LogP contribution < -0.4 is 14.4 Å². The molecule has 0 saturated carbocycles. The SMILES string of the molecule is COc1ccc(S(=O)(=O)N2CCN(c3ncccc3C(F)(F)F)CC2)cc1OC. The zero-order valence-corrected chi connectivity index (χ0v) is 16.6. The maximum absolute atomic E-state index is 13.2. The van der Waals surface area contributed by atoms with E-state index in [1.165, 1.54) is 53.9 Å². The number of halogens is 3. The molecule has 1 saturated heterocycles. The minimum absolute atomic E-state index is 0.0254. The molecule has 0 aliphatic carbocycles. The van der Waals surface area contributed by atoms with Crippen molar-refractivity contribution in [2.24, 2.45) is 0 Å². The minimum atomic E-state index is -4.54. The van der Waals surface area contributed by atoms with Gasteiger partial charge in [0.05, 0.1) is 24.7 Å². The van der Waals surface area contributed by atoms with E-state index in [0.717, 1.165) is 6.07 Å². The third-order valence-electron chi connectivity index (χ3n) is 4.62. The minimum Gasteiger partial charge on any atom is -0.493 e. The molecule has 1 aliphatic heterocycles. The number of sulfonamides is 1. The molecule has 1 fully saturated rings. The number of alkyl halides is 3. The third-order valence-corrected chi connectivity index (χ3v) is 6.52. The molecule has 0 unspecified atom stereocenters. The topological polar surface area (TPSA) is 72.0 Å². The maximum Gasteiger partial charge on any atom is 0.419 e. The molecule has 1 aromatic heterocycles. The molecule has 0 radical (unpaired) electrons. The van der Waals surface area contributed by atoms with Crippen LogP contribution in [0.3, 0.4) is 0 Å². The first-order valence-electron chi connectivity index (χ1n) is 8.68. The number of methoxy groups -OCH3 is 2. The summed E-state index contributed by atoms with van der Waals surface area (Å²) in [6.45, 7) is 0.244. The van der Waals surface area contributed by atoms with Gasteiger partial charge in [-0.25, -0.2) is 13.4 Å². The number of pyridine rings is 1. The zero-order chi connectivity index (χ0) is 21.2. The fourth-order valence-electron chi connectivity index (χ4n) is 3.14. The summed E-state index contributed by atoms with van der Waals surface area (Å²) in [5, 5.41) is 0. The van der Waals surface area contributed by atoms with Crippen LogP contribution in [0.15, 0.2) is 41.4 Å². The molecule has 0 N–H and O–H groups in total. The molecule has 11 heteroatoms. The van der Waals surface area contributed by atoms with E-state index in [4.69, 9.17) is 9.47 Å². The predicted molar refractivity (Wildman–Crippen MR) is 99.8 cm³/mol. The first-order valence-corrected chi connectivity index (χ1v) is 10.1. The van der Waals surface area contributed by atoms with Crippen molar-refractivity contribution in [1.82, 2.24) is 9.29 Å². The lowest BCUT2D eigenvalue weighted by molar-refractivity contribution is -0.137. The van der Waals surface area contributed by atoms with Gasteiger partial charge in [0.15, 0.2) is 11.5 Å². The van der Waals surface area contributed by atoms with Crippen LogP contribution in [0.5, 0.6) is 11.5 Å². The van der Waals surface area contributed by atoms with Gasteiger partial charge in [0, 0.05) is 38.4 Å². The van der Waals surface area contributed by atoms with E-state index in [1.54, 1.807) is 0 Å². The Bertz CT molecular complexity index is 975. The third kappa shape index (κ3) is 4.25. The van der Waals surface area contributed by atoms with Crippen LogP contribution in [0.25, 0.3) is 0 Å². The van der Waals surface area contributed by atoms with Crippen LogP contribution in [0.4, 0.5) is 19.0 Å². The van der Waals surface area contributed by atoms with E-state index in [1.807, 2.05) is 0 Å². The van der Waals surface area contributed by atoms with Gasteiger partial charge >= 0.3 is 6.18 Å². The van der Waals surface area contributed by atoms with Crippen LogP contribution in [0, 0.1) is 0 Å². The van der Waals surface area contributed by atoms with Gasteiger partial charge in [-0.1, -0.05) is 0 Å². The number of anilines is 1. The van der Waals surface area contributed by atoms with Gasteiger partial charge in [-0.05, 0) is 24.3 Å². The molecule has 0 atom stereocenters. The predicted octanol–water partition coefficient (Wildman–Crippen LogP) is 2.63. The van der Waals surface area contributed by atoms with Crippen molar-refractivity contribution in [2.75, 3.05) is 45.3 Å². The molecule has 0 bridgehead atoms. The summed E-state index contributed by atoms with van der Waals surface area (Å²) >= 11 is 0. The molecule has 1 aromatic carbocycles. The highest BCUT2D eigenvalue weighted by Gasteiger charge is 2.37. The summed E-state index contributed by atoms with van der Waals surface area (Å²) in [4.78, 5) is 5.34. The lowest BCUT2D eigenvalue weighted by Crippen LogP contribution is -2.49. The number of nitrogens with zero attached hydrogens (tertiary/aromatic N) is 3. The van der Waals surface area contributed by atoms with E-state index in [2.05, 4.69) is 4.98 Å². The standard InChI is InChI=1S/C18H20F3N3O4S/c1-27-15-6-5-13(12-16(15)28-2)29(25,26)24-10-8-23(9-11-24)17-14(18(19,20)21)4-3-7-22-17/h3-7,12H,8-11H2,1-2H3. The molecule has 2 heterocycles. The molecule has 0 spiro atoms. The fourth-order valence-corrected chi connectivity index (χ4v) is 4.57. The Kier molecular flexibility index (Phi) is 5.90. The van der Waals surface area contributed by atoms with Crippen molar-refractivity contribution in [3.05, 3.63) is 42.1 Å². The van der Waals surface area contributed by atoms with E-state index in [-0.39, 0.29) is 42.6 Å². The van der Waals surface area contributed by atoms with Gasteiger partial charge in [-0.2, -0.15) is 17.5 Å². The molecule has 29 heavy (non-hydrogen) atoms. The van der Waals surface area contributed by atoms with E-state index >= 15 is 0 Å². The number of benzene rings is 1. The molecule has 7 nitrogen and oxygen atoms in total. The Morgan fingerprint density at radius 1 is 1.00 bits per heavy atom. The monoisotopic (exact) mass is 431 g/mol. The molecule has 158 valence electrons. The quantitative estimate of drug-likeness (QED) is 0.725. The van der Waals surface area contributed by atoms with Gasteiger partial charge in [0.1, 0.15) is 5.82 Å². The second kappa shape index (κ2) is 8.07. The summed E-state index contributed by atoms with van der Waals surface area (Å²) in [5.74, 6) is 0.477. The lowest BCUT2D eigenvalue weighted by atomic mass is 10.2. The molecular formula is C18H20F3N3O4S. The highest BCUT2D eigenvalue weighted by molar-refractivity contribution is 7.89. The van der Waals surface area contributed by atoms with Gasteiger partial charge < -0.3 is 14.4 Å². The first-order chi connectivity index (χ1) is 13.7. The smallest absolute Gasteiger partial charge is 0.419 e. The number of hydrogen-bond donors (Lipinski definition) is 0. The van der Waals surface area contributed by atoms with Crippen LogP contribution in [-0.4, -0.2) is 58.1 Å². The first kappa shape index (κ1) is 21.2. The summed E-state index contributed by atoms with van der Waals surface area (Å²) in [5.41, 5.74) is -0.837. The number of aromatic nitrogens is 1. The van der Waals surface area contributed by atoms with Crippen molar-refractivity contribution in [2.45, 2.75) is 11.1 Å². The van der Waals surface area contributed by atoms with E-state index in [9.17, 15) is 21.6 Å². The van der Waals surface area contributed by atoms with Gasteiger partial charge in [0.25, 0.3) is 0 Å². The number of rotatable bonds is 5. The van der Waals surface area contributed by atoms with Crippen molar-refractivity contribution < 1.29 is 31.1 Å². The molecule has 3 rings (SSSR count). The molecular weight excluding hydrogens is 411 g/mol. The average molecular weight is 431 g/mol. The van der Waals surface area contributed by atoms with Gasteiger partial charge in [-0.3, -0.25) is 0 Å². The van der Waals surface area contributed by atoms with Crippen molar-refractivity contribution in [1.29, 1.82) is 0 Å². The normalized spacial score (nSPS) is 16.0. The van der Waals surface area contributed by atoms with Crippen molar-refractivity contribution in [3.8, 4) is 11.5 Å². The lowest BCUT2D eigenvalue weighted by Gasteiger charge is -2.35. The Hall–Kier alpha value is -2.53. The van der Waals surface area contributed by atoms with E-state index in [0.29, 0.717) is 5.75 Å². The molecule has 0 amide bonds. The van der Waals surface area contributed by atoms with Gasteiger partial charge in [0.2, 0.25) is 10.0 Å². The Balaban J connectivity index is 1.79. The summed E-state index contributed by atoms with van der Waals surface area (Å²) in [6, 6.07) is 6.45. The van der Waals surface area contributed by atoms with Crippen LogP contribution in [0.2, 0.25) is 0 Å². The number of ether oxygens (including phenoxy) is 2. The Labute approximate surface area is 166 Å². The zero-order valence-electron chi connectivity index (χ0n) is 15.8. The number of piperazine rings is 1. The van der Waals surface area contributed by atoms with Gasteiger partial charge in [-0.15, -0.1) is 0 Å². The second-order valence-corrected chi connectivity index (χ2v) is 8.22. The van der Waals surface area contributed by atoms with Crippen molar-refractivity contribution in [3.63, 3.8) is 0 Å². The average Bonchev–Trinajstić information content (AvgIpc) is 2.72. The van der Waals surface area contributed by atoms with Crippen LogP contribution in [0.1, 0.15) is 5.56 Å². The molecule has 1 aliphatic rings. The Morgan fingerprint density at radius 3 is 2.24 bits per heavy atom. The maximum atomic E-state index is 13.2. The highest BCUT2D eigenvalue weighted by Crippen LogP contribution is 2.36. The summed E-state index contributed by atoms with van der Waals surface area (Å²) in [6.07, 6.45) is -3.25. The summed E-state index contributed by atoms with van der Waals surface area (Å²) in [7, 11) is -0.992. The Morgan fingerprint density at radius 2 is 1.66 bits per heavy atom. The summed E-state index contributed by atoms with van der Waals surface area (Å²) < 4.78 is 77.1. The van der Waals surface area contributed by atoms with Crippen molar-refractivity contribution >= 4 is 15.8 Å². The highest BCUT2D eigenvalue weighted by atomic mass is 32.2. The second-order valence-electron chi connectivity index (χ2n) is 6.28. The van der Waals surface area contributed by atoms with E-state index < -0.39 is 21.8 Å². The fraction of sp³-hybridized carbons (Fsp3) is 0.389. The number of hydrogen-bond acceptors (Lipinski definition) is 6. The van der Waals surface area contributed by atoms with Crippen LogP contribution in [-0.2, 0) is 16.2 Å². The molecule has 2 aromatic rings. The van der Waals surface area contributed by atoms with Crippen LogP contribution >= 0.6 is 0 Å².